The molecule has 2 aliphatic rings. The molecule has 0 unspecified atom stereocenters. The maximum Gasteiger partial charge on any atom is 0.251 e. The topological polar surface area (TPSA) is 65.0 Å². The van der Waals surface area contributed by atoms with Crippen LogP contribution < -0.4 is 15.0 Å². The van der Waals surface area contributed by atoms with E-state index in [1.54, 1.807) is 6.07 Å². The van der Waals surface area contributed by atoms with Gasteiger partial charge >= 0.3 is 0 Å². The first kappa shape index (κ1) is 22.2. The number of nitrogens with zero attached hydrogens (tertiary/aromatic N) is 2. The van der Waals surface area contributed by atoms with Gasteiger partial charge in [0.2, 0.25) is 0 Å². The molecule has 2 heterocycles. The minimum Gasteiger partial charge on any atom is -0.508 e. The van der Waals surface area contributed by atoms with E-state index in [1.165, 1.54) is 0 Å². The third-order valence-electron chi connectivity index (χ3n) is 6.23. The molecule has 1 amide bonds. The van der Waals surface area contributed by atoms with Crippen LogP contribution in [0.25, 0.3) is 6.08 Å². The summed E-state index contributed by atoms with van der Waals surface area (Å²) in [7, 11) is 0. The van der Waals surface area contributed by atoms with Gasteiger partial charge in [-0.3, -0.25) is 9.69 Å². The quantitative estimate of drug-likeness (QED) is 0.650. The number of hydrogen-bond acceptors (Lipinski definition) is 5. The van der Waals surface area contributed by atoms with Crippen LogP contribution in [0.4, 0.5) is 5.69 Å². The number of para-hydroxylation sites is 1. The molecule has 0 spiro atoms. The fourth-order valence-electron chi connectivity index (χ4n) is 4.37. The first-order valence-corrected chi connectivity index (χ1v) is 11.5. The van der Waals surface area contributed by atoms with Gasteiger partial charge in [-0.15, -0.1) is 0 Å². The number of aromatic hydroxyl groups is 1. The van der Waals surface area contributed by atoms with Crippen LogP contribution >= 0.6 is 0 Å². The molecule has 1 saturated heterocycles. The van der Waals surface area contributed by atoms with E-state index in [9.17, 15) is 9.90 Å². The normalized spacial score (nSPS) is 17.8. The molecule has 32 heavy (non-hydrogen) atoms. The molecule has 0 atom stereocenters. The van der Waals surface area contributed by atoms with Crippen LogP contribution in [0.15, 0.2) is 54.1 Å². The second-order valence-electron chi connectivity index (χ2n) is 9.02. The number of carbonyl (C=O) groups excluding carboxylic acids is 1. The Kier molecular flexibility index (Phi) is 6.70. The number of fused-ring (bicyclic) bond motifs is 1. The van der Waals surface area contributed by atoms with Crippen molar-refractivity contribution in [2.75, 3.05) is 44.2 Å². The lowest BCUT2D eigenvalue weighted by Crippen LogP contribution is -2.46. The van der Waals surface area contributed by atoms with Crippen molar-refractivity contribution in [1.82, 2.24) is 10.2 Å². The molecule has 2 aliphatic heterocycles. The molecule has 0 radical (unpaired) electrons. The van der Waals surface area contributed by atoms with Crippen LogP contribution in [0.5, 0.6) is 11.5 Å². The number of unbranched alkanes of at least 4 members (excludes halogenated alkanes) is 1. The van der Waals surface area contributed by atoms with Gasteiger partial charge in [0.1, 0.15) is 17.1 Å². The van der Waals surface area contributed by atoms with E-state index in [0.717, 1.165) is 62.6 Å². The standard InChI is InChI=1S/C26H33N3O3/c1-26(2)23(18-20-8-3-4-11-24(20)32-26)25(31)27-12-5-6-13-28-14-16-29(17-15-28)21-9-7-10-22(30)19-21/h3-4,7-11,18-19,30H,5-6,12-17H2,1-2H3,(H,27,31). The first-order chi connectivity index (χ1) is 15.4. The molecule has 2 aromatic carbocycles. The Balaban J connectivity index is 1.18. The van der Waals surface area contributed by atoms with E-state index < -0.39 is 5.60 Å². The van der Waals surface area contributed by atoms with Crippen molar-refractivity contribution in [2.24, 2.45) is 0 Å². The smallest absolute Gasteiger partial charge is 0.251 e. The number of nitrogens with one attached hydrogen (secondary N) is 1. The average Bonchev–Trinajstić information content (AvgIpc) is 2.78. The van der Waals surface area contributed by atoms with E-state index in [-0.39, 0.29) is 5.91 Å². The number of phenolic OH excluding ortho intramolecular Hbond substituents is 1. The minimum atomic E-state index is -0.645. The Labute approximate surface area is 190 Å². The Hall–Kier alpha value is -2.99. The zero-order chi connectivity index (χ0) is 22.6. The maximum atomic E-state index is 12.8. The van der Waals surface area contributed by atoms with Crippen molar-refractivity contribution in [3.8, 4) is 11.5 Å². The van der Waals surface area contributed by atoms with Crippen LogP contribution in [-0.2, 0) is 4.79 Å². The number of rotatable bonds is 7. The average molecular weight is 436 g/mol. The summed E-state index contributed by atoms with van der Waals surface area (Å²) in [5.41, 5.74) is 2.05. The molecule has 2 N–H and O–H groups in total. The fraction of sp³-hybridized carbons (Fsp3) is 0.423. The lowest BCUT2D eigenvalue weighted by atomic mass is 9.91. The zero-order valence-corrected chi connectivity index (χ0v) is 19.0. The third-order valence-corrected chi connectivity index (χ3v) is 6.23. The molecule has 170 valence electrons. The Morgan fingerprint density at radius 2 is 1.84 bits per heavy atom. The number of ether oxygens (including phenoxy) is 1. The van der Waals surface area contributed by atoms with Crippen LogP contribution in [0.3, 0.4) is 0 Å². The summed E-state index contributed by atoms with van der Waals surface area (Å²) in [6.45, 7) is 9.52. The van der Waals surface area contributed by atoms with Gasteiger partial charge in [-0.25, -0.2) is 0 Å². The SMILES string of the molecule is CC1(C)Oc2ccccc2C=C1C(=O)NCCCCN1CCN(c2cccc(O)c2)CC1. The molecule has 0 bridgehead atoms. The number of hydrogen-bond donors (Lipinski definition) is 2. The number of benzene rings is 2. The number of amides is 1. The molecule has 0 aliphatic carbocycles. The third kappa shape index (κ3) is 5.25. The lowest BCUT2D eigenvalue weighted by Gasteiger charge is -2.36. The van der Waals surface area contributed by atoms with Crippen molar-refractivity contribution in [3.63, 3.8) is 0 Å². The van der Waals surface area contributed by atoms with E-state index >= 15 is 0 Å². The molecule has 4 rings (SSSR count). The van der Waals surface area contributed by atoms with E-state index in [0.29, 0.717) is 17.9 Å². The van der Waals surface area contributed by atoms with Crippen LogP contribution in [0.2, 0.25) is 0 Å². The molecule has 0 saturated carbocycles. The summed E-state index contributed by atoms with van der Waals surface area (Å²) >= 11 is 0. The molecule has 1 fully saturated rings. The highest BCUT2D eigenvalue weighted by molar-refractivity contribution is 6.00. The van der Waals surface area contributed by atoms with Crippen LogP contribution in [0.1, 0.15) is 32.3 Å². The van der Waals surface area contributed by atoms with E-state index in [4.69, 9.17) is 4.74 Å². The summed E-state index contributed by atoms with van der Waals surface area (Å²) in [6, 6.07) is 15.3. The van der Waals surface area contributed by atoms with Crippen molar-refractivity contribution in [1.29, 1.82) is 0 Å². The Morgan fingerprint density at radius 1 is 1.06 bits per heavy atom. The van der Waals surface area contributed by atoms with Crippen molar-refractivity contribution >= 4 is 17.7 Å². The van der Waals surface area contributed by atoms with Crippen LogP contribution in [-0.4, -0.2) is 60.8 Å². The van der Waals surface area contributed by atoms with Crippen molar-refractivity contribution in [3.05, 3.63) is 59.7 Å². The minimum absolute atomic E-state index is 0.0516. The maximum absolute atomic E-state index is 12.8. The van der Waals surface area contributed by atoms with Crippen LogP contribution in [0, 0.1) is 0 Å². The van der Waals surface area contributed by atoms with Gasteiger partial charge in [-0.05, 0) is 57.5 Å². The number of carbonyl (C=O) groups is 1. The fourth-order valence-corrected chi connectivity index (χ4v) is 4.37. The van der Waals surface area contributed by atoms with Gasteiger partial charge in [-0.1, -0.05) is 24.3 Å². The monoisotopic (exact) mass is 435 g/mol. The molecule has 6 heteroatoms. The Bertz CT molecular complexity index is 978. The van der Waals surface area contributed by atoms with Gasteiger partial charge in [-0.2, -0.15) is 0 Å². The molecule has 2 aromatic rings. The van der Waals surface area contributed by atoms with Gasteiger partial charge in [0, 0.05) is 50.0 Å². The predicted octanol–water partition coefficient (Wildman–Crippen LogP) is 3.67. The second-order valence-corrected chi connectivity index (χ2v) is 9.02. The van der Waals surface area contributed by atoms with Crippen molar-refractivity contribution < 1.29 is 14.6 Å². The molecular weight excluding hydrogens is 402 g/mol. The molecular formula is C26H33N3O3. The number of piperazine rings is 1. The lowest BCUT2D eigenvalue weighted by molar-refractivity contribution is -0.119. The Morgan fingerprint density at radius 3 is 2.62 bits per heavy atom. The summed E-state index contributed by atoms with van der Waals surface area (Å²) < 4.78 is 6.05. The second kappa shape index (κ2) is 9.65. The largest absolute Gasteiger partial charge is 0.508 e. The summed E-state index contributed by atoms with van der Waals surface area (Å²) in [4.78, 5) is 17.6. The van der Waals surface area contributed by atoms with Gasteiger partial charge in [0.15, 0.2) is 0 Å². The zero-order valence-electron chi connectivity index (χ0n) is 19.0. The molecule has 6 nitrogen and oxygen atoms in total. The first-order valence-electron chi connectivity index (χ1n) is 11.5. The van der Waals surface area contributed by atoms with E-state index in [2.05, 4.69) is 15.1 Å². The highest BCUT2D eigenvalue weighted by atomic mass is 16.5. The van der Waals surface area contributed by atoms with Gasteiger partial charge in [0.05, 0.1) is 5.57 Å². The van der Waals surface area contributed by atoms with Gasteiger partial charge in [0.25, 0.3) is 5.91 Å². The summed E-state index contributed by atoms with van der Waals surface area (Å²) in [6.07, 6.45) is 3.94. The highest BCUT2D eigenvalue weighted by Crippen LogP contribution is 2.35. The summed E-state index contributed by atoms with van der Waals surface area (Å²) in [5.74, 6) is 1.08. The summed E-state index contributed by atoms with van der Waals surface area (Å²) in [5, 5.41) is 12.8. The molecule has 0 aromatic heterocycles. The van der Waals surface area contributed by atoms with E-state index in [1.807, 2.05) is 62.4 Å². The predicted molar refractivity (Wildman–Crippen MR) is 128 cm³/mol. The highest BCUT2D eigenvalue weighted by Gasteiger charge is 2.34. The van der Waals surface area contributed by atoms with Crippen molar-refractivity contribution in [2.45, 2.75) is 32.3 Å². The number of phenols is 1. The van der Waals surface area contributed by atoms with Gasteiger partial charge < -0.3 is 20.1 Å². The number of anilines is 1.